The summed E-state index contributed by atoms with van der Waals surface area (Å²) in [6, 6.07) is 1.79. The number of carbonyl (C=O) groups excluding carboxylic acids is 2. The summed E-state index contributed by atoms with van der Waals surface area (Å²) in [6.45, 7) is 0. The number of hydrogen-bond acceptors (Lipinski definition) is 3. The monoisotopic (exact) mass is 385 g/mol. The van der Waals surface area contributed by atoms with Crippen molar-refractivity contribution in [1.29, 1.82) is 0 Å². The summed E-state index contributed by atoms with van der Waals surface area (Å²) in [4.78, 5) is 29.8. The van der Waals surface area contributed by atoms with Crippen molar-refractivity contribution < 1.29 is 9.59 Å². The second-order valence-corrected chi connectivity index (χ2v) is 8.48. The lowest BCUT2D eigenvalue weighted by atomic mass is 9.90. The minimum absolute atomic E-state index is 0.0645. The van der Waals surface area contributed by atoms with Crippen LogP contribution in [-0.4, -0.2) is 16.8 Å². The highest BCUT2D eigenvalue weighted by Crippen LogP contribution is 2.28. The highest BCUT2D eigenvalue weighted by Gasteiger charge is 2.23. The molecule has 5 heteroatoms. The Kier molecular flexibility index (Phi) is 8.31. The second kappa shape index (κ2) is 11.2. The van der Waals surface area contributed by atoms with Gasteiger partial charge in [0.25, 0.3) is 0 Å². The predicted octanol–water partition coefficient (Wildman–Crippen LogP) is 5.68. The first-order valence-electron chi connectivity index (χ1n) is 11.3. The van der Waals surface area contributed by atoms with Gasteiger partial charge < -0.3 is 10.6 Å². The number of anilines is 2. The van der Waals surface area contributed by atoms with E-state index in [0.29, 0.717) is 11.4 Å². The van der Waals surface area contributed by atoms with Gasteiger partial charge in [0.1, 0.15) is 0 Å². The number of aromatic nitrogens is 1. The van der Waals surface area contributed by atoms with Crippen molar-refractivity contribution in [1.82, 2.24) is 4.98 Å². The molecule has 2 N–H and O–H groups in total. The Morgan fingerprint density at radius 3 is 1.61 bits per heavy atom. The Morgan fingerprint density at radius 1 is 0.679 bits per heavy atom. The second-order valence-electron chi connectivity index (χ2n) is 8.48. The normalized spacial score (nSPS) is 20.3. The van der Waals surface area contributed by atoms with Crippen molar-refractivity contribution in [2.45, 2.75) is 89.9 Å². The lowest BCUT2D eigenvalue weighted by Crippen LogP contribution is -2.26. The first-order chi connectivity index (χ1) is 13.7. The molecule has 0 bridgehead atoms. The first kappa shape index (κ1) is 20.8. The molecule has 0 atom stereocenters. The van der Waals surface area contributed by atoms with Gasteiger partial charge in [-0.05, 0) is 31.7 Å². The molecule has 154 valence electrons. The summed E-state index contributed by atoms with van der Waals surface area (Å²) >= 11 is 0. The fourth-order valence-corrected chi connectivity index (χ4v) is 4.51. The average molecular weight is 386 g/mol. The summed E-state index contributed by atoms with van der Waals surface area (Å²) in [5.74, 6) is 0.281. The molecular weight excluding hydrogens is 350 g/mol. The molecule has 2 fully saturated rings. The third kappa shape index (κ3) is 6.32. The summed E-state index contributed by atoms with van der Waals surface area (Å²) in [7, 11) is 0. The topological polar surface area (TPSA) is 71.1 Å². The molecule has 0 radical (unpaired) electrons. The molecule has 0 aromatic carbocycles. The van der Waals surface area contributed by atoms with E-state index in [0.717, 1.165) is 51.4 Å². The molecule has 1 heterocycles. The SMILES string of the molecule is O=C(Nc1ccncc1NC(=O)C1CCCCCCC1)C1CCCCCCC1. The maximum atomic E-state index is 12.8. The van der Waals surface area contributed by atoms with E-state index in [-0.39, 0.29) is 23.7 Å². The van der Waals surface area contributed by atoms with Gasteiger partial charge in [-0.25, -0.2) is 0 Å². The van der Waals surface area contributed by atoms with E-state index in [9.17, 15) is 9.59 Å². The number of nitrogens with one attached hydrogen (secondary N) is 2. The van der Waals surface area contributed by atoms with Gasteiger partial charge in [-0.2, -0.15) is 0 Å². The minimum atomic E-state index is 0.0645. The van der Waals surface area contributed by atoms with Crippen molar-refractivity contribution in [2.24, 2.45) is 11.8 Å². The minimum Gasteiger partial charge on any atom is -0.324 e. The molecule has 5 nitrogen and oxygen atoms in total. The van der Waals surface area contributed by atoms with Crippen molar-refractivity contribution in [3.8, 4) is 0 Å². The Hall–Kier alpha value is -1.91. The van der Waals surface area contributed by atoms with Crippen LogP contribution in [0.3, 0.4) is 0 Å². The van der Waals surface area contributed by atoms with Crippen LogP contribution < -0.4 is 10.6 Å². The molecule has 2 saturated carbocycles. The molecule has 0 unspecified atom stereocenters. The van der Waals surface area contributed by atoms with Crippen molar-refractivity contribution in [2.75, 3.05) is 10.6 Å². The van der Waals surface area contributed by atoms with Crippen molar-refractivity contribution >= 4 is 23.2 Å². The maximum Gasteiger partial charge on any atom is 0.227 e. The molecule has 3 rings (SSSR count). The van der Waals surface area contributed by atoms with Crippen LogP contribution in [0.2, 0.25) is 0 Å². The Morgan fingerprint density at radius 2 is 1.11 bits per heavy atom. The van der Waals surface area contributed by atoms with Crippen LogP contribution >= 0.6 is 0 Å². The summed E-state index contributed by atoms with van der Waals surface area (Å²) in [6.07, 6.45) is 19.1. The van der Waals surface area contributed by atoms with Crippen LogP contribution in [0.15, 0.2) is 18.5 Å². The van der Waals surface area contributed by atoms with Gasteiger partial charge in [0.15, 0.2) is 0 Å². The molecule has 0 aliphatic heterocycles. The molecule has 2 aliphatic rings. The molecule has 2 aliphatic carbocycles. The third-order valence-electron chi connectivity index (χ3n) is 6.29. The van der Waals surface area contributed by atoms with Crippen LogP contribution in [0, 0.1) is 11.8 Å². The predicted molar refractivity (Wildman–Crippen MR) is 113 cm³/mol. The van der Waals surface area contributed by atoms with E-state index >= 15 is 0 Å². The summed E-state index contributed by atoms with van der Waals surface area (Å²) < 4.78 is 0. The molecule has 1 aromatic rings. The number of amides is 2. The van der Waals surface area contributed by atoms with Gasteiger partial charge in [-0.15, -0.1) is 0 Å². The van der Waals surface area contributed by atoms with E-state index in [1.165, 1.54) is 38.5 Å². The summed E-state index contributed by atoms with van der Waals surface area (Å²) in [5, 5.41) is 6.11. The van der Waals surface area contributed by atoms with E-state index in [1.54, 1.807) is 18.5 Å². The highest BCUT2D eigenvalue weighted by atomic mass is 16.2. The number of pyridine rings is 1. The smallest absolute Gasteiger partial charge is 0.227 e. The van der Waals surface area contributed by atoms with Crippen LogP contribution in [0.25, 0.3) is 0 Å². The molecule has 0 saturated heterocycles. The van der Waals surface area contributed by atoms with E-state index in [4.69, 9.17) is 0 Å². The van der Waals surface area contributed by atoms with Crippen LogP contribution in [0.5, 0.6) is 0 Å². The van der Waals surface area contributed by atoms with Gasteiger partial charge in [-0.1, -0.05) is 64.2 Å². The quantitative estimate of drug-likeness (QED) is 0.700. The zero-order chi connectivity index (χ0) is 19.6. The largest absolute Gasteiger partial charge is 0.324 e. The lowest BCUT2D eigenvalue weighted by Gasteiger charge is -2.22. The average Bonchev–Trinajstić information content (AvgIpc) is 2.62. The van der Waals surface area contributed by atoms with Crippen molar-refractivity contribution in [3.05, 3.63) is 18.5 Å². The zero-order valence-corrected chi connectivity index (χ0v) is 17.0. The Balaban J connectivity index is 1.61. The van der Waals surface area contributed by atoms with Crippen LogP contribution in [0.4, 0.5) is 11.4 Å². The van der Waals surface area contributed by atoms with Gasteiger partial charge in [-0.3, -0.25) is 14.6 Å². The highest BCUT2D eigenvalue weighted by molar-refractivity contribution is 6.00. The van der Waals surface area contributed by atoms with Gasteiger partial charge in [0.2, 0.25) is 11.8 Å². The Labute approximate surface area is 169 Å². The summed E-state index contributed by atoms with van der Waals surface area (Å²) in [5.41, 5.74) is 1.29. The fourth-order valence-electron chi connectivity index (χ4n) is 4.51. The number of nitrogens with zero attached hydrogens (tertiary/aromatic N) is 1. The molecule has 28 heavy (non-hydrogen) atoms. The third-order valence-corrected chi connectivity index (χ3v) is 6.29. The molecular formula is C23H35N3O2. The standard InChI is InChI=1S/C23H35N3O2/c27-22(18-11-7-3-1-4-8-12-18)25-20-15-16-24-17-21(20)26-23(28)19-13-9-5-2-6-10-14-19/h15-19H,1-14H2,(H,26,28)(H,24,25,27). The van der Waals surface area contributed by atoms with E-state index in [2.05, 4.69) is 15.6 Å². The van der Waals surface area contributed by atoms with E-state index < -0.39 is 0 Å². The number of hydrogen-bond donors (Lipinski definition) is 2. The Bertz CT molecular complexity index is 575. The van der Waals surface area contributed by atoms with Gasteiger partial charge >= 0.3 is 0 Å². The van der Waals surface area contributed by atoms with Gasteiger partial charge in [0, 0.05) is 18.0 Å². The number of carbonyl (C=O) groups is 2. The zero-order valence-electron chi connectivity index (χ0n) is 17.0. The van der Waals surface area contributed by atoms with Crippen molar-refractivity contribution in [3.63, 3.8) is 0 Å². The van der Waals surface area contributed by atoms with Gasteiger partial charge in [0.05, 0.1) is 17.6 Å². The first-order valence-corrected chi connectivity index (χ1v) is 11.3. The molecule has 0 spiro atoms. The fraction of sp³-hybridized carbons (Fsp3) is 0.696. The van der Waals surface area contributed by atoms with Crippen LogP contribution in [-0.2, 0) is 9.59 Å². The lowest BCUT2D eigenvalue weighted by molar-refractivity contribution is -0.121. The maximum absolute atomic E-state index is 12.8. The number of rotatable bonds is 4. The van der Waals surface area contributed by atoms with Crippen LogP contribution in [0.1, 0.15) is 89.9 Å². The molecule has 1 aromatic heterocycles. The van der Waals surface area contributed by atoms with E-state index in [1.807, 2.05) is 0 Å². The molecule has 2 amide bonds.